The van der Waals surface area contributed by atoms with E-state index in [1.807, 2.05) is 42.5 Å². The van der Waals surface area contributed by atoms with Crippen molar-refractivity contribution in [3.05, 3.63) is 72.1 Å². The van der Waals surface area contributed by atoms with Crippen LogP contribution in [0, 0.1) is 5.92 Å². The normalized spacial score (nSPS) is 22.8. The second kappa shape index (κ2) is 8.47. The highest BCUT2D eigenvalue weighted by Crippen LogP contribution is 2.42. The summed E-state index contributed by atoms with van der Waals surface area (Å²) in [6.45, 7) is 1.50. The Balaban J connectivity index is 1.50. The Labute approximate surface area is 176 Å². The molecular formula is C23H24ClN3O2. The fourth-order valence-corrected chi connectivity index (χ4v) is 4.32. The van der Waals surface area contributed by atoms with E-state index in [2.05, 4.69) is 14.9 Å². The second-order valence-corrected chi connectivity index (χ2v) is 8.03. The lowest BCUT2D eigenvalue weighted by molar-refractivity contribution is -0.121. The number of nitrogens with zero attached hydrogens (tertiary/aromatic N) is 3. The summed E-state index contributed by atoms with van der Waals surface area (Å²) < 4.78 is 5.65. The van der Waals surface area contributed by atoms with Crippen LogP contribution in [0.15, 0.2) is 66.5 Å². The molecule has 1 saturated heterocycles. The summed E-state index contributed by atoms with van der Waals surface area (Å²) in [5.41, 5.74) is 2.71. The zero-order chi connectivity index (χ0) is 20.3. The van der Waals surface area contributed by atoms with Crippen molar-refractivity contribution in [2.45, 2.75) is 24.3 Å². The lowest BCUT2D eigenvalue weighted by Crippen LogP contribution is -2.41. The number of Topliss-reactive ketones (excluding diaryl/α,β-unsaturated/α-hetero) is 1. The van der Waals surface area contributed by atoms with Gasteiger partial charge >= 0.3 is 0 Å². The maximum atomic E-state index is 13.3. The molecule has 5 nitrogen and oxygen atoms in total. The molecule has 1 aromatic carbocycles. The van der Waals surface area contributed by atoms with E-state index in [1.54, 1.807) is 25.6 Å². The summed E-state index contributed by atoms with van der Waals surface area (Å²) >= 11 is 6.83. The molecule has 0 amide bonds. The van der Waals surface area contributed by atoms with Crippen LogP contribution in [0.4, 0.5) is 5.95 Å². The number of rotatable bonds is 5. The number of hydrogen-bond donors (Lipinski definition) is 0. The largest absolute Gasteiger partial charge is 0.358 e. The average molecular weight is 410 g/mol. The standard InChI is InChI=1S/C23H24ClN3O2/c1-29-23(24)16-19(17-6-3-2-4-7-17)8-9-20(23)21(28)18-10-14-27(15-11-18)22-25-12-5-13-26-22/h2-9,12-13,18H,10-11,14-16H2,1H3. The van der Waals surface area contributed by atoms with E-state index >= 15 is 0 Å². The Bertz CT molecular complexity index is 922. The van der Waals surface area contributed by atoms with Crippen LogP contribution in [0.2, 0.25) is 0 Å². The van der Waals surface area contributed by atoms with Crippen molar-refractivity contribution in [1.29, 1.82) is 0 Å². The average Bonchev–Trinajstić information content (AvgIpc) is 2.80. The molecule has 0 N–H and O–H groups in total. The summed E-state index contributed by atoms with van der Waals surface area (Å²) in [6, 6.07) is 11.9. The van der Waals surface area contributed by atoms with Gasteiger partial charge < -0.3 is 9.64 Å². The third-order valence-electron chi connectivity index (χ3n) is 5.71. The SMILES string of the molecule is COC1(Cl)CC(c2ccccc2)=CC=C1C(=O)C1CCN(c2ncccn2)CC1. The van der Waals surface area contributed by atoms with Crippen LogP contribution in [0.25, 0.3) is 5.57 Å². The summed E-state index contributed by atoms with van der Waals surface area (Å²) in [6.07, 6.45) is 9.28. The Morgan fingerprint density at radius 1 is 1.10 bits per heavy atom. The number of ether oxygens (including phenoxy) is 1. The van der Waals surface area contributed by atoms with Crippen LogP contribution < -0.4 is 4.90 Å². The molecule has 29 heavy (non-hydrogen) atoms. The van der Waals surface area contributed by atoms with Crippen molar-refractivity contribution in [3.8, 4) is 0 Å². The smallest absolute Gasteiger partial charge is 0.225 e. The molecule has 0 radical (unpaired) electrons. The molecule has 1 fully saturated rings. The number of piperidine rings is 1. The minimum atomic E-state index is -1.13. The monoisotopic (exact) mass is 409 g/mol. The third-order valence-corrected chi connectivity index (χ3v) is 6.20. The van der Waals surface area contributed by atoms with Crippen molar-refractivity contribution in [2.75, 3.05) is 25.1 Å². The first-order chi connectivity index (χ1) is 14.1. The van der Waals surface area contributed by atoms with Gasteiger partial charge in [0.2, 0.25) is 5.95 Å². The highest BCUT2D eigenvalue weighted by molar-refractivity contribution is 6.29. The van der Waals surface area contributed by atoms with Gasteiger partial charge in [-0.2, -0.15) is 0 Å². The van der Waals surface area contributed by atoms with Crippen LogP contribution in [0.5, 0.6) is 0 Å². The number of anilines is 1. The highest BCUT2D eigenvalue weighted by atomic mass is 35.5. The number of carbonyl (C=O) groups is 1. The van der Waals surface area contributed by atoms with Gasteiger partial charge in [0, 0.05) is 50.5 Å². The number of halogens is 1. The fraction of sp³-hybridized carbons (Fsp3) is 0.348. The lowest BCUT2D eigenvalue weighted by Gasteiger charge is -2.36. The number of aromatic nitrogens is 2. The highest BCUT2D eigenvalue weighted by Gasteiger charge is 2.41. The van der Waals surface area contributed by atoms with Gasteiger partial charge in [0.25, 0.3) is 0 Å². The van der Waals surface area contributed by atoms with E-state index in [9.17, 15) is 4.79 Å². The van der Waals surface area contributed by atoms with Gasteiger partial charge in [0.15, 0.2) is 10.8 Å². The van der Waals surface area contributed by atoms with Gasteiger partial charge in [0.1, 0.15) is 0 Å². The number of carbonyl (C=O) groups excluding carboxylic acids is 1. The summed E-state index contributed by atoms with van der Waals surface area (Å²) in [4.78, 5) is 24.0. The van der Waals surface area contributed by atoms with Crippen LogP contribution in [-0.2, 0) is 9.53 Å². The molecule has 0 bridgehead atoms. The van der Waals surface area contributed by atoms with E-state index in [4.69, 9.17) is 16.3 Å². The van der Waals surface area contributed by atoms with E-state index in [1.165, 1.54) is 0 Å². The second-order valence-electron chi connectivity index (χ2n) is 7.42. The number of ketones is 1. The quantitative estimate of drug-likeness (QED) is 0.691. The predicted molar refractivity (Wildman–Crippen MR) is 115 cm³/mol. The molecule has 1 aliphatic heterocycles. The number of methoxy groups -OCH3 is 1. The molecule has 2 heterocycles. The predicted octanol–water partition coefficient (Wildman–Crippen LogP) is 4.26. The molecule has 1 atom stereocenters. The van der Waals surface area contributed by atoms with Crippen LogP contribution in [0.1, 0.15) is 24.8 Å². The topological polar surface area (TPSA) is 55.3 Å². The van der Waals surface area contributed by atoms with Gasteiger partial charge in [-0.05, 0) is 30.0 Å². The Morgan fingerprint density at radius 2 is 1.79 bits per heavy atom. The molecule has 1 aliphatic carbocycles. The molecule has 2 aliphatic rings. The van der Waals surface area contributed by atoms with E-state index in [0.29, 0.717) is 17.9 Å². The Hall–Kier alpha value is -2.50. The summed E-state index contributed by atoms with van der Waals surface area (Å²) in [5.74, 6) is 0.731. The van der Waals surface area contributed by atoms with Gasteiger partial charge in [-0.1, -0.05) is 54.1 Å². The first kappa shape index (κ1) is 19.8. The Kier molecular flexibility index (Phi) is 5.79. The van der Waals surface area contributed by atoms with Crippen LogP contribution in [-0.4, -0.2) is 41.0 Å². The first-order valence-electron chi connectivity index (χ1n) is 9.88. The van der Waals surface area contributed by atoms with Crippen molar-refractivity contribution >= 4 is 28.9 Å². The lowest BCUT2D eigenvalue weighted by atomic mass is 9.82. The van der Waals surface area contributed by atoms with Crippen LogP contribution in [0.3, 0.4) is 0 Å². The molecule has 4 rings (SSSR count). The van der Waals surface area contributed by atoms with Gasteiger partial charge in [0.05, 0.1) is 0 Å². The zero-order valence-corrected chi connectivity index (χ0v) is 17.2. The van der Waals surface area contributed by atoms with Crippen molar-refractivity contribution in [2.24, 2.45) is 5.92 Å². The van der Waals surface area contributed by atoms with E-state index in [-0.39, 0.29) is 11.7 Å². The summed E-state index contributed by atoms with van der Waals surface area (Å²) in [5, 5.41) is -1.13. The van der Waals surface area contributed by atoms with Gasteiger partial charge in [-0.15, -0.1) is 0 Å². The van der Waals surface area contributed by atoms with E-state index < -0.39 is 5.06 Å². The van der Waals surface area contributed by atoms with Gasteiger partial charge in [-0.25, -0.2) is 9.97 Å². The molecule has 1 aromatic heterocycles. The zero-order valence-electron chi connectivity index (χ0n) is 16.4. The molecule has 2 aromatic rings. The molecular weight excluding hydrogens is 386 g/mol. The number of allylic oxidation sites excluding steroid dienone is 2. The minimum Gasteiger partial charge on any atom is -0.358 e. The number of hydrogen-bond acceptors (Lipinski definition) is 5. The number of alkyl halides is 1. The molecule has 150 valence electrons. The minimum absolute atomic E-state index is 0.0684. The van der Waals surface area contributed by atoms with Gasteiger partial charge in [-0.3, -0.25) is 4.79 Å². The molecule has 6 heteroatoms. The Morgan fingerprint density at radius 3 is 2.45 bits per heavy atom. The van der Waals surface area contributed by atoms with E-state index in [0.717, 1.165) is 37.1 Å². The first-order valence-corrected chi connectivity index (χ1v) is 10.3. The molecule has 0 spiro atoms. The van der Waals surface area contributed by atoms with Crippen molar-refractivity contribution in [1.82, 2.24) is 9.97 Å². The molecule has 1 unspecified atom stereocenters. The maximum absolute atomic E-state index is 13.3. The maximum Gasteiger partial charge on any atom is 0.225 e. The molecule has 0 saturated carbocycles. The van der Waals surface area contributed by atoms with Crippen LogP contribution >= 0.6 is 11.6 Å². The van der Waals surface area contributed by atoms with Crippen molar-refractivity contribution < 1.29 is 9.53 Å². The third kappa shape index (κ3) is 4.11. The number of benzene rings is 1. The summed E-state index contributed by atoms with van der Waals surface area (Å²) in [7, 11) is 1.57. The fourth-order valence-electron chi connectivity index (χ4n) is 4.02. The van der Waals surface area contributed by atoms with Crippen molar-refractivity contribution in [3.63, 3.8) is 0 Å².